The van der Waals surface area contributed by atoms with Crippen LogP contribution in [0.4, 0.5) is 0 Å². The number of piperidine rings is 1. The molecule has 0 bridgehead atoms. The first-order valence-electron chi connectivity index (χ1n) is 7.29. The molecule has 3 aliphatic heterocycles. The van der Waals surface area contributed by atoms with Crippen LogP contribution in [0.15, 0.2) is 12.3 Å². The maximum absolute atomic E-state index is 12.2. The third-order valence-electron chi connectivity index (χ3n) is 4.66. The molecule has 5 heteroatoms. The molecule has 2 saturated heterocycles. The van der Waals surface area contributed by atoms with Crippen molar-refractivity contribution in [3.8, 4) is 0 Å². The molecule has 2 fully saturated rings. The molecule has 0 aliphatic carbocycles. The molecule has 3 heterocycles. The van der Waals surface area contributed by atoms with Crippen LogP contribution in [0.5, 0.6) is 0 Å². The van der Waals surface area contributed by atoms with E-state index in [-0.39, 0.29) is 23.5 Å². The standard InChI is InChI=1S/C14H23N3O2/c1-14(6-3-7-15-10-14)13(11-5-8-16-19-11)17-9-2-4-12(17)18/h5,8,11,13,15-16H,2-4,6-7,9-10H2,1H3. The van der Waals surface area contributed by atoms with Crippen molar-refractivity contribution in [2.75, 3.05) is 19.6 Å². The fourth-order valence-electron chi connectivity index (χ4n) is 3.71. The van der Waals surface area contributed by atoms with Crippen molar-refractivity contribution in [1.82, 2.24) is 15.7 Å². The molecule has 3 aliphatic rings. The first-order chi connectivity index (χ1) is 9.21. The minimum atomic E-state index is -0.0352. The van der Waals surface area contributed by atoms with Gasteiger partial charge in [0.25, 0.3) is 0 Å². The number of likely N-dealkylation sites (tertiary alicyclic amines) is 1. The lowest BCUT2D eigenvalue weighted by Crippen LogP contribution is -2.58. The average Bonchev–Trinajstić information content (AvgIpc) is 3.04. The molecular weight excluding hydrogens is 242 g/mol. The van der Waals surface area contributed by atoms with Gasteiger partial charge in [0.15, 0.2) is 0 Å². The van der Waals surface area contributed by atoms with Crippen LogP contribution in [-0.4, -0.2) is 42.6 Å². The van der Waals surface area contributed by atoms with Crippen LogP contribution in [0.1, 0.15) is 32.6 Å². The van der Waals surface area contributed by atoms with Gasteiger partial charge in [0.05, 0.1) is 6.04 Å². The number of amides is 1. The summed E-state index contributed by atoms with van der Waals surface area (Å²) in [5.41, 5.74) is 2.89. The Kier molecular flexibility index (Phi) is 3.50. The summed E-state index contributed by atoms with van der Waals surface area (Å²) in [7, 11) is 0. The number of hydrogen-bond acceptors (Lipinski definition) is 4. The summed E-state index contributed by atoms with van der Waals surface area (Å²) in [5.74, 6) is 0.278. The number of carbonyl (C=O) groups excluding carboxylic acids is 1. The first kappa shape index (κ1) is 12.9. The van der Waals surface area contributed by atoms with Crippen LogP contribution in [0.2, 0.25) is 0 Å². The molecule has 3 unspecified atom stereocenters. The van der Waals surface area contributed by atoms with Gasteiger partial charge in [-0.1, -0.05) is 6.92 Å². The molecule has 2 N–H and O–H groups in total. The molecule has 0 saturated carbocycles. The minimum Gasteiger partial charge on any atom is -0.336 e. The fourth-order valence-corrected chi connectivity index (χ4v) is 3.71. The Labute approximate surface area is 114 Å². The van der Waals surface area contributed by atoms with Crippen LogP contribution in [0.3, 0.4) is 0 Å². The van der Waals surface area contributed by atoms with Gasteiger partial charge in [0.1, 0.15) is 6.10 Å². The minimum absolute atomic E-state index is 0.0352. The Morgan fingerprint density at radius 3 is 3.00 bits per heavy atom. The second-order valence-electron chi connectivity index (χ2n) is 6.13. The summed E-state index contributed by atoms with van der Waals surface area (Å²) >= 11 is 0. The van der Waals surface area contributed by atoms with Crippen molar-refractivity contribution in [3.63, 3.8) is 0 Å². The van der Waals surface area contributed by atoms with E-state index >= 15 is 0 Å². The van der Waals surface area contributed by atoms with Gasteiger partial charge < -0.3 is 10.2 Å². The lowest BCUT2D eigenvalue weighted by atomic mass is 9.73. The molecule has 0 aromatic rings. The summed E-state index contributed by atoms with van der Waals surface area (Å²) in [6.07, 6.45) is 7.80. The number of rotatable bonds is 3. The second kappa shape index (κ2) is 5.13. The summed E-state index contributed by atoms with van der Waals surface area (Å²) in [6, 6.07) is 0.126. The third kappa shape index (κ3) is 2.37. The van der Waals surface area contributed by atoms with E-state index in [1.165, 1.54) is 6.42 Å². The highest BCUT2D eigenvalue weighted by Crippen LogP contribution is 2.38. The van der Waals surface area contributed by atoms with Crippen molar-refractivity contribution < 1.29 is 9.63 Å². The van der Waals surface area contributed by atoms with Gasteiger partial charge >= 0.3 is 0 Å². The zero-order valence-corrected chi connectivity index (χ0v) is 11.5. The predicted octanol–water partition coefficient (Wildman–Crippen LogP) is 0.784. The Morgan fingerprint density at radius 2 is 2.42 bits per heavy atom. The van der Waals surface area contributed by atoms with Gasteiger partial charge in [0.2, 0.25) is 5.91 Å². The van der Waals surface area contributed by atoms with Crippen molar-refractivity contribution in [2.45, 2.75) is 44.8 Å². The molecule has 0 radical (unpaired) electrons. The quantitative estimate of drug-likeness (QED) is 0.792. The Bertz CT molecular complexity index is 377. The zero-order chi connectivity index (χ0) is 13.3. The summed E-state index contributed by atoms with van der Waals surface area (Å²) in [5, 5.41) is 3.48. The van der Waals surface area contributed by atoms with Gasteiger partial charge in [0, 0.05) is 31.1 Å². The van der Waals surface area contributed by atoms with Crippen LogP contribution in [0, 0.1) is 5.41 Å². The molecule has 19 heavy (non-hydrogen) atoms. The number of carbonyl (C=O) groups is 1. The van der Waals surface area contributed by atoms with E-state index in [4.69, 9.17) is 4.84 Å². The van der Waals surface area contributed by atoms with Gasteiger partial charge in [-0.3, -0.25) is 15.1 Å². The van der Waals surface area contributed by atoms with Gasteiger partial charge in [-0.25, -0.2) is 0 Å². The van der Waals surface area contributed by atoms with Crippen LogP contribution < -0.4 is 10.8 Å². The average molecular weight is 265 g/mol. The molecule has 3 rings (SSSR count). The molecule has 0 aromatic heterocycles. The topological polar surface area (TPSA) is 53.6 Å². The molecule has 3 atom stereocenters. The molecular formula is C14H23N3O2. The highest BCUT2D eigenvalue weighted by Gasteiger charge is 2.46. The molecule has 0 spiro atoms. The van der Waals surface area contributed by atoms with Crippen molar-refractivity contribution >= 4 is 5.91 Å². The van der Waals surface area contributed by atoms with Crippen LogP contribution in [0.25, 0.3) is 0 Å². The maximum Gasteiger partial charge on any atom is 0.223 e. The number of nitrogens with zero attached hydrogens (tertiary/aromatic N) is 1. The largest absolute Gasteiger partial charge is 0.336 e. The summed E-state index contributed by atoms with van der Waals surface area (Å²) in [4.78, 5) is 19.8. The van der Waals surface area contributed by atoms with Crippen molar-refractivity contribution in [1.29, 1.82) is 0 Å². The van der Waals surface area contributed by atoms with E-state index in [1.54, 1.807) is 0 Å². The summed E-state index contributed by atoms with van der Waals surface area (Å²) in [6.45, 7) is 5.18. The van der Waals surface area contributed by atoms with Gasteiger partial charge in [-0.05, 0) is 31.9 Å². The Morgan fingerprint density at radius 1 is 1.53 bits per heavy atom. The van der Waals surface area contributed by atoms with Gasteiger partial charge in [-0.2, -0.15) is 0 Å². The van der Waals surface area contributed by atoms with Crippen LogP contribution >= 0.6 is 0 Å². The van der Waals surface area contributed by atoms with E-state index < -0.39 is 0 Å². The Balaban J connectivity index is 1.86. The Hall–Kier alpha value is -1.07. The zero-order valence-electron chi connectivity index (χ0n) is 11.5. The SMILES string of the molecule is CC1(C(C2C=CNO2)N2CCCC2=O)CCCNC1. The normalized spacial score (nSPS) is 36.6. The highest BCUT2D eigenvalue weighted by molar-refractivity contribution is 5.78. The third-order valence-corrected chi connectivity index (χ3v) is 4.66. The lowest BCUT2D eigenvalue weighted by Gasteiger charge is -2.46. The molecule has 5 nitrogen and oxygen atoms in total. The smallest absolute Gasteiger partial charge is 0.223 e. The van der Waals surface area contributed by atoms with Crippen molar-refractivity contribution in [3.05, 3.63) is 12.3 Å². The monoisotopic (exact) mass is 265 g/mol. The van der Waals surface area contributed by atoms with E-state index in [9.17, 15) is 4.79 Å². The fraction of sp³-hybridized carbons (Fsp3) is 0.786. The molecule has 106 valence electrons. The highest BCUT2D eigenvalue weighted by atomic mass is 16.7. The molecule has 1 amide bonds. The lowest BCUT2D eigenvalue weighted by molar-refractivity contribution is -0.138. The predicted molar refractivity (Wildman–Crippen MR) is 72.1 cm³/mol. The second-order valence-corrected chi connectivity index (χ2v) is 6.13. The van der Waals surface area contributed by atoms with E-state index in [1.807, 2.05) is 12.3 Å². The van der Waals surface area contributed by atoms with Crippen LogP contribution in [-0.2, 0) is 9.63 Å². The van der Waals surface area contributed by atoms with E-state index in [0.717, 1.165) is 32.5 Å². The maximum atomic E-state index is 12.2. The van der Waals surface area contributed by atoms with E-state index in [0.29, 0.717) is 6.42 Å². The van der Waals surface area contributed by atoms with Gasteiger partial charge in [-0.15, -0.1) is 0 Å². The number of hydroxylamine groups is 1. The number of nitrogens with one attached hydrogen (secondary N) is 2. The summed E-state index contributed by atoms with van der Waals surface area (Å²) < 4.78 is 0. The number of hydrogen-bond donors (Lipinski definition) is 2. The van der Waals surface area contributed by atoms with Crippen molar-refractivity contribution in [2.24, 2.45) is 5.41 Å². The van der Waals surface area contributed by atoms with E-state index in [2.05, 4.69) is 22.6 Å². The first-order valence-corrected chi connectivity index (χ1v) is 7.29. The molecule has 0 aromatic carbocycles.